The molecular formula is C9H17NO6. The van der Waals surface area contributed by atoms with E-state index < -0.39 is 36.7 Å². The lowest BCUT2D eigenvalue weighted by molar-refractivity contribution is -0.151. The van der Waals surface area contributed by atoms with Crippen LogP contribution in [0.3, 0.4) is 0 Å². The maximum atomic E-state index is 11.4. The predicted molar refractivity (Wildman–Crippen MR) is 53.8 cm³/mol. The van der Waals surface area contributed by atoms with Gasteiger partial charge in [-0.3, -0.25) is 4.79 Å². The molecule has 0 fully saturated rings. The lowest BCUT2D eigenvalue weighted by Crippen LogP contribution is -2.52. The summed E-state index contributed by atoms with van der Waals surface area (Å²) < 4.78 is 4.58. The topological polar surface area (TPSA) is 116 Å². The molecular weight excluding hydrogens is 218 g/mol. The van der Waals surface area contributed by atoms with Crippen LogP contribution in [0.1, 0.15) is 13.3 Å². The number of amides is 1. The van der Waals surface area contributed by atoms with Crippen LogP contribution in [0.5, 0.6) is 0 Å². The number of carbonyl (C=O) groups is 2. The van der Waals surface area contributed by atoms with Crippen molar-refractivity contribution in [1.29, 1.82) is 0 Å². The van der Waals surface area contributed by atoms with Crippen molar-refractivity contribution in [2.75, 3.05) is 20.3 Å². The Hall–Kier alpha value is -1.18. The Balaban J connectivity index is 4.31. The molecule has 16 heavy (non-hydrogen) atoms. The average molecular weight is 235 g/mol. The lowest BCUT2D eigenvalue weighted by atomic mass is 10.0. The van der Waals surface area contributed by atoms with E-state index >= 15 is 0 Å². The Morgan fingerprint density at radius 3 is 2.19 bits per heavy atom. The fraction of sp³-hybridized carbons (Fsp3) is 0.778. The van der Waals surface area contributed by atoms with Gasteiger partial charge in [0.15, 0.2) is 6.10 Å². The molecule has 0 aromatic rings. The number of methoxy groups -OCH3 is 1. The van der Waals surface area contributed by atoms with Crippen LogP contribution < -0.4 is 5.32 Å². The van der Waals surface area contributed by atoms with Crippen LogP contribution in [0.2, 0.25) is 0 Å². The lowest BCUT2D eigenvalue weighted by Gasteiger charge is -2.26. The zero-order chi connectivity index (χ0) is 12.8. The number of aliphatic hydroxyl groups is 2. The zero-order valence-electron chi connectivity index (χ0n) is 9.27. The van der Waals surface area contributed by atoms with Crippen molar-refractivity contribution in [2.24, 2.45) is 0 Å². The van der Waals surface area contributed by atoms with Crippen LogP contribution in [0.25, 0.3) is 0 Å². The number of carboxylic acids is 1. The molecule has 0 aliphatic heterocycles. The van der Waals surface area contributed by atoms with Gasteiger partial charge in [0.2, 0.25) is 5.91 Å². The Kier molecular flexibility index (Phi) is 5.94. The third-order valence-electron chi connectivity index (χ3n) is 2.07. The summed E-state index contributed by atoms with van der Waals surface area (Å²) in [5, 5.41) is 28.8. The smallest absolute Gasteiger partial charge is 0.333 e. The van der Waals surface area contributed by atoms with Crippen molar-refractivity contribution in [1.82, 2.24) is 5.32 Å². The van der Waals surface area contributed by atoms with E-state index in [1.54, 1.807) is 0 Å². The van der Waals surface area contributed by atoms with Crippen molar-refractivity contribution in [3.05, 3.63) is 0 Å². The molecule has 0 heterocycles. The highest BCUT2D eigenvalue weighted by Gasteiger charge is 2.27. The van der Waals surface area contributed by atoms with E-state index in [2.05, 4.69) is 10.1 Å². The third kappa shape index (κ3) is 4.56. The Bertz CT molecular complexity index is 250. The van der Waals surface area contributed by atoms with Crippen LogP contribution >= 0.6 is 0 Å². The van der Waals surface area contributed by atoms with Crippen LogP contribution in [0.15, 0.2) is 0 Å². The molecule has 0 rings (SSSR count). The van der Waals surface area contributed by atoms with Crippen molar-refractivity contribution < 1.29 is 29.6 Å². The van der Waals surface area contributed by atoms with E-state index in [4.69, 9.17) is 15.3 Å². The minimum absolute atomic E-state index is 0.374. The molecule has 0 saturated heterocycles. The summed E-state index contributed by atoms with van der Waals surface area (Å²) in [5.41, 5.74) is -1.16. The van der Waals surface area contributed by atoms with Gasteiger partial charge in [-0.05, 0) is 6.92 Å². The van der Waals surface area contributed by atoms with Gasteiger partial charge in [-0.1, -0.05) is 0 Å². The molecule has 0 aliphatic rings. The zero-order valence-corrected chi connectivity index (χ0v) is 9.27. The first-order valence-corrected chi connectivity index (χ1v) is 4.67. The Morgan fingerprint density at radius 2 is 1.88 bits per heavy atom. The van der Waals surface area contributed by atoms with Gasteiger partial charge in [-0.2, -0.15) is 0 Å². The third-order valence-corrected chi connectivity index (χ3v) is 2.07. The second-order valence-corrected chi connectivity index (χ2v) is 3.69. The Labute approximate surface area is 93.0 Å². The van der Waals surface area contributed by atoms with E-state index in [-0.39, 0.29) is 6.42 Å². The summed E-state index contributed by atoms with van der Waals surface area (Å²) >= 11 is 0. The summed E-state index contributed by atoms with van der Waals surface area (Å²) in [6.07, 6.45) is -1.61. The van der Waals surface area contributed by atoms with Crippen LogP contribution in [0, 0.1) is 0 Å². The van der Waals surface area contributed by atoms with Crippen LogP contribution in [0.4, 0.5) is 0 Å². The monoisotopic (exact) mass is 235 g/mol. The van der Waals surface area contributed by atoms with Gasteiger partial charge in [0.05, 0.1) is 25.2 Å². The SMILES string of the molecule is COC(CC(=O)NC(C)(CO)CO)C(=O)O. The molecule has 0 aromatic carbocycles. The molecule has 0 spiro atoms. The first kappa shape index (κ1) is 14.8. The van der Waals surface area contributed by atoms with Crippen molar-refractivity contribution >= 4 is 11.9 Å². The summed E-state index contributed by atoms with van der Waals surface area (Å²) in [6, 6.07) is 0. The molecule has 0 saturated carbocycles. The fourth-order valence-electron chi connectivity index (χ4n) is 0.957. The maximum absolute atomic E-state index is 11.4. The molecule has 1 atom stereocenters. The largest absolute Gasteiger partial charge is 0.479 e. The molecule has 0 bridgehead atoms. The number of rotatable bonds is 7. The van der Waals surface area contributed by atoms with Gasteiger partial charge in [0, 0.05) is 7.11 Å². The normalized spacial score (nSPS) is 13.2. The highest BCUT2D eigenvalue weighted by Crippen LogP contribution is 2.04. The number of hydrogen-bond donors (Lipinski definition) is 4. The van der Waals surface area contributed by atoms with Crippen molar-refractivity contribution in [3.8, 4) is 0 Å². The van der Waals surface area contributed by atoms with Crippen molar-refractivity contribution in [2.45, 2.75) is 25.0 Å². The molecule has 94 valence electrons. The molecule has 4 N–H and O–H groups in total. The minimum atomic E-state index is -1.24. The fourth-order valence-corrected chi connectivity index (χ4v) is 0.957. The number of carbonyl (C=O) groups excluding carboxylic acids is 1. The quantitative estimate of drug-likeness (QED) is 0.419. The van der Waals surface area contributed by atoms with Gasteiger partial charge in [0.1, 0.15) is 0 Å². The molecule has 0 aromatic heterocycles. The van der Waals surface area contributed by atoms with Gasteiger partial charge in [0.25, 0.3) is 0 Å². The molecule has 0 aliphatic carbocycles. The number of carboxylic acid groups (broad SMARTS) is 1. The summed E-state index contributed by atoms with van der Waals surface area (Å²) in [7, 11) is 1.18. The molecule has 1 unspecified atom stereocenters. The number of nitrogens with one attached hydrogen (secondary N) is 1. The first-order chi connectivity index (χ1) is 7.38. The van der Waals surface area contributed by atoms with Gasteiger partial charge >= 0.3 is 5.97 Å². The predicted octanol–water partition coefficient (Wildman–Crippen LogP) is -1.66. The first-order valence-electron chi connectivity index (χ1n) is 4.67. The van der Waals surface area contributed by atoms with E-state index in [0.717, 1.165) is 0 Å². The van der Waals surface area contributed by atoms with Gasteiger partial charge < -0.3 is 25.4 Å². The summed E-state index contributed by atoms with van der Waals surface area (Å²) in [4.78, 5) is 21.9. The summed E-state index contributed by atoms with van der Waals surface area (Å²) in [6.45, 7) is 0.549. The number of ether oxygens (including phenoxy) is 1. The average Bonchev–Trinajstić information content (AvgIpc) is 2.25. The van der Waals surface area contributed by atoms with E-state index in [9.17, 15) is 9.59 Å². The molecule has 0 radical (unpaired) electrons. The Morgan fingerprint density at radius 1 is 1.38 bits per heavy atom. The standard InChI is InChI=1S/C9H17NO6/c1-9(4-11,5-12)10-7(13)3-6(16-2)8(14)15/h6,11-12H,3-5H2,1-2H3,(H,10,13)(H,14,15). The minimum Gasteiger partial charge on any atom is -0.479 e. The maximum Gasteiger partial charge on any atom is 0.333 e. The van der Waals surface area contributed by atoms with E-state index in [1.807, 2.05) is 0 Å². The highest BCUT2D eigenvalue weighted by atomic mass is 16.5. The van der Waals surface area contributed by atoms with Gasteiger partial charge in [-0.25, -0.2) is 4.79 Å². The van der Waals surface area contributed by atoms with Crippen LogP contribution in [-0.4, -0.2) is 59.2 Å². The number of aliphatic hydroxyl groups excluding tert-OH is 2. The van der Waals surface area contributed by atoms with Crippen molar-refractivity contribution in [3.63, 3.8) is 0 Å². The van der Waals surface area contributed by atoms with Crippen LogP contribution in [-0.2, 0) is 14.3 Å². The van der Waals surface area contributed by atoms with E-state index in [1.165, 1.54) is 14.0 Å². The molecule has 1 amide bonds. The number of aliphatic carboxylic acids is 1. The molecule has 7 nitrogen and oxygen atoms in total. The summed E-state index contributed by atoms with van der Waals surface area (Å²) in [5.74, 6) is -1.85. The van der Waals surface area contributed by atoms with Gasteiger partial charge in [-0.15, -0.1) is 0 Å². The number of hydrogen-bond acceptors (Lipinski definition) is 5. The van der Waals surface area contributed by atoms with E-state index in [0.29, 0.717) is 0 Å². The highest BCUT2D eigenvalue weighted by molar-refractivity contribution is 5.84. The second kappa shape index (κ2) is 6.41. The second-order valence-electron chi connectivity index (χ2n) is 3.69. The molecule has 7 heteroatoms.